The Morgan fingerprint density at radius 2 is 1.95 bits per heavy atom. The highest BCUT2D eigenvalue weighted by molar-refractivity contribution is 5.66. The lowest BCUT2D eigenvalue weighted by Crippen LogP contribution is -2.17. The Morgan fingerprint density at radius 1 is 1.15 bits per heavy atom. The number of hydrogen-bond donors (Lipinski definition) is 1. The molecule has 0 spiro atoms. The van der Waals surface area contributed by atoms with E-state index in [9.17, 15) is 4.39 Å². The zero-order valence-electron chi connectivity index (χ0n) is 12.1. The topological polar surface area (TPSA) is 29.3 Å². The highest BCUT2D eigenvalue weighted by Crippen LogP contribution is 2.29. The van der Waals surface area contributed by atoms with Gasteiger partial charge in [-0.1, -0.05) is 18.2 Å². The van der Waals surface area contributed by atoms with Gasteiger partial charge >= 0.3 is 0 Å². The summed E-state index contributed by atoms with van der Waals surface area (Å²) < 4.78 is 13.4. The molecule has 0 bridgehead atoms. The van der Waals surface area contributed by atoms with E-state index in [-0.39, 0.29) is 5.82 Å². The average molecular weight is 272 g/mol. The van der Waals surface area contributed by atoms with Gasteiger partial charge in [-0.2, -0.15) is 0 Å². The standard InChI is InChI=1S/C17H21FN2/c1-3-20(16-6-4-5-15(18)12-16)17-8-7-14(9-10-19)11-13(17)2/h4-8,11-12H,3,9-10,19H2,1-2H3. The highest BCUT2D eigenvalue weighted by Gasteiger charge is 2.10. The van der Waals surface area contributed by atoms with Gasteiger partial charge in [0.25, 0.3) is 0 Å². The lowest BCUT2D eigenvalue weighted by Gasteiger charge is -2.25. The van der Waals surface area contributed by atoms with E-state index in [4.69, 9.17) is 5.73 Å². The largest absolute Gasteiger partial charge is 0.341 e. The second-order valence-corrected chi connectivity index (χ2v) is 4.88. The minimum absolute atomic E-state index is 0.210. The van der Waals surface area contributed by atoms with Gasteiger partial charge in [0.15, 0.2) is 0 Å². The third kappa shape index (κ3) is 3.17. The van der Waals surface area contributed by atoms with E-state index in [0.717, 1.165) is 24.3 Å². The van der Waals surface area contributed by atoms with Gasteiger partial charge in [-0.15, -0.1) is 0 Å². The summed E-state index contributed by atoms with van der Waals surface area (Å²) in [6, 6.07) is 13.0. The Balaban J connectivity index is 2.37. The van der Waals surface area contributed by atoms with Gasteiger partial charge in [0.1, 0.15) is 5.82 Å². The van der Waals surface area contributed by atoms with Crippen LogP contribution < -0.4 is 10.6 Å². The number of halogens is 1. The molecular weight excluding hydrogens is 251 g/mol. The quantitative estimate of drug-likeness (QED) is 0.897. The van der Waals surface area contributed by atoms with E-state index in [2.05, 4.69) is 36.9 Å². The average Bonchev–Trinajstić information content (AvgIpc) is 2.42. The molecule has 0 unspecified atom stereocenters. The van der Waals surface area contributed by atoms with Gasteiger partial charge in [0.2, 0.25) is 0 Å². The first-order valence-electron chi connectivity index (χ1n) is 6.98. The lowest BCUT2D eigenvalue weighted by molar-refractivity contribution is 0.627. The third-order valence-electron chi connectivity index (χ3n) is 3.42. The number of anilines is 2. The Kier molecular flexibility index (Phi) is 4.74. The minimum atomic E-state index is -0.210. The fraction of sp³-hybridized carbons (Fsp3) is 0.294. The van der Waals surface area contributed by atoms with Gasteiger partial charge in [-0.25, -0.2) is 4.39 Å². The molecule has 0 aliphatic carbocycles. The highest BCUT2D eigenvalue weighted by atomic mass is 19.1. The SMILES string of the molecule is CCN(c1cccc(F)c1)c1ccc(CCN)cc1C. The molecule has 0 aliphatic heterocycles. The van der Waals surface area contributed by atoms with E-state index in [1.807, 2.05) is 6.07 Å². The maximum atomic E-state index is 13.4. The second kappa shape index (κ2) is 6.53. The predicted molar refractivity (Wildman–Crippen MR) is 83.0 cm³/mol. The summed E-state index contributed by atoms with van der Waals surface area (Å²) in [5.74, 6) is -0.210. The predicted octanol–water partition coefficient (Wildman–Crippen LogP) is 3.79. The van der Waals surface area contributed by atoms with Gasteiger partial charge in [0.05, 0.1) is 0 Å². The fourth-order valence-corrected chi connectivity index (χ4v) is 2.48. The molecule has 3 heteroatoms. The first kappa shape index (κ1) is 14.5. The van der Waals surface area contributed by atoms with Crippen LogP contribution in [0.3, 0.4) is 0 Å². The molecule has 0 aliphatic rings. The van der Waals surface area contributed by atoms with Crippen LogP contribution in [0.25, 0.3) is 0 Å². The van der Waals surface area contributed by atoms with Crippen molar-refractivity contribution in [2.24, 2.45) is 5.73 Å². The number of rotatable bonds is 5. The summed E-state index contributed by atoms with van der Waals surface area (Å²) >= 11 is 0. The normalized spacial score (nSPS) is 10.6. The lowest BCUT2D eigenvalue weighted by atomic mass is 10.1. The van der Waals surface area contributed by atoms with Crippen LogP contribution in [0.4, 0.5) is 15.8 Å². The Labute approximate surface area is 120 Å². The molecule has 0 saturated carbocycles. The summed E-state index contributed by atoms with van der Waals surface area (Å²) in [5, 5.41) is 0. The molecule has 0 radical (unpaired) electrons. The van der Waals surface area contributed by atoms with Crippen LogP contribution in [0.1, 0.15) is 18.1 Å². The van der Waals surface area contributed by atoms with Crippen molar-refractivity contribution in [2.75, 3.05) is 18.0 Å². The van der Waals surface area contributed by atoms with Crippen molar-refractivity contribution in [3.05, 3.63) is 59.4 Å². The van der Waals surface area contributed by atoms with E-state index >= 15 is 0 Å². The van der Waals surface area contributed by atoms with Crippen molar-refractivity contribution in [3.8, 4) is 0 Å². The molecule has 0 fully saturated rings. The van der Waals surface area contributed by atoms with Crippen molar-refractivity contribution in [1.82, 2.24) is 0 Å². The van der Waals surface area contributed by atoms with Crippen LogP contribution in [0, 0.1) is 12.7 Å². The van der Waals surface area contributed by atoms with Crippen LogP contribution in [0.5, 0.6) is 0 Å². The van der Waals surface area contributed by atoms with E-state index in [1.54, 1.807) is 12.1 Å². The molecular formula is C17H21FN2. The monoisotopic (exact) mass is 272 g/mol. The zero-order chi connectivity index (χ0) is 14.5. The first-order chi connectivity index (χ1) is 9.65. The van der Waals surface area contributed by atoms with Crippen molar-refractivity contribution < 1.29 is 4.39 Å². The maximum Gasteiger partial charge on any atom is 0.125 e. The van der Waals surface area contributed by atoms with Crippen molar-refractivity contribution in [1.29, 1.82) is 0 Å². The Bertz CT molecular complexity index is 581. The Morgan fingerprint density at radius 3 is 2.55 bits per heavy atom. The summed E-state index contributed by atoms with van der Waals surface area (Å²) in [4.78, 5) is 2.12. The van der Waals surface area contributed by atoms with Crippen LogP contribution in [-0.2, 0) is 6.42 Å². The van der Waals surface area contributed by atoms with Crippen molar-refractivity contribution in [3.63, 3.8) is 0 Å². The number of hydrogen-bond acceptors (Lipinski definition) is 2. The van der Waals surface area contributed by atoms with Gasteiger partial charge in [-0.3, -0.25) is 0 Å². The number of benzene rings is 2. The Hall–Kier alpha value is -1.87. The maximum absolute atomic E-state index is 13.4. The van der Waals surface area contributed by atoms with Crippen molar-refractivity contribution >= 4 is 11.4 Å². The molecule has 0 amide bonds. The molecule has 0 aromatic heterocycles. The molecule has 20 heavy (non-hydrogen) atoms. The number of nitrogens with two attached hydrogens (primary N) is 1. The number of aryl methyl sites for hydroxylation is 1. The molecule has 106 valence electrons. The minimum Gasteiger partial charge on any atom is -0.341 e. The van der Waals surface area contributed by atoms with Gasteiger partial charge in [-0.05, 0) is 62.2 Å². The van der Waals surface area contributed by atoms with E-state index in [0.29, 0.717) is 6.54 Å². The first-order valence-corrected chi connectivity index (χ1v) is 6.98. The van der Waals surface area contributed by atoms with Crippen LogP contribution in [-0.4, -0.2) is 13.1 Å². The second-order valence-electron chi connectivity index (χ2n) is 4.88. The van der Waals surface area contributed by atoms with Crippen LogP contribution in [0.15, 0.2) is 42.5 Å². The summed E-state index contributed by atoms with van der Waals surface area (Å²) in [7, 11) is 0. The molecule has 0 heterocycles. The summed E-state index contributed by atoms with van der Waals surface area (Å²) in [6.07, 6.45) is 0.882. The zero-order valence-corrected chi connectivity index (χ0v) is 12.1. The number of nitrogens with zero attached hydrogens (tertiary/aromatic N) is 1. The summed E-state index contributed by atoms with van der Waals surface area (Å²) in [6.45, 7) is 5.59. The fourth-order valence-electron chi connectivity index (χ4n) is 2.48. The van der Waals surface area contributed by atoms with Crippen LogP contribution >= 0.6 is 0 Å². The summed E-state index contributed by atoms with van der Waals surface area (Å²) in [5.41, 5.74) is 10.00. The third-order valence-corrected chi connectivity index (χ3v) is 3.42. The molecule has 2 aromatic carbocycles. The molecule has 0 atom stereocenters. The van der Waals surface area contributed by atoms with Crippen LogP contribution in [0.2, 0.25) is 0 Å². The smallest absolute Gasteiger partial charge is 0.125 e. The molecule has 2 aromatic rings. The molecule has 2 rings (SSSR count). The van der Waals surface area contributed by atoms with Crippen molar-refractivity contribution in [2.45, 2.75) is 20.3 Å². The van der Waals surface area contributed by atoms with Gasteiger partial charge in [0, 0.05) is 17.9 Å². The van der Waals surface area contributed by atoms with Gasteiger partial charge < -0.3 is 10.6 Å². The van der Waals surface area contributed by atoms with E-state index < -0.39 is 0 Å². The molecule has 2 nitrogen and oxygen atoms in total. The molecule has 0 saturated heterocycles. The van der Waals surface area contributed by atoms with E-state index in [1.165, 1.54) is 17.2 Å². The molecule has 2 N–H and O–H groups in total.